The molecule has 0 aliphatic rings. The maximum atomic E-state index is 11.2. The van der Waals surface area contributed by atoms with Gasteiger partial charge in [-0.3, -0.25) is 4.57 Å². The standard InChI is InChI=1S/C9H11Cl2OP/c1-8(13(10,11)12)7-9-5-3-2-4-6-9/h2-6,8H,7H2,1H3. The van der Waals surface area contributed by atoms with Gasteiger partial charge in [-0.25, -0.2) is 0 Å². The Kier molecular flexibility index (Phi) is 3.85. The van der Waals surface area contributed by atoms with Crippen LogP contribution in [0.25, 0.3) is 0 Å². The van der Waals surface area contributed by atoms with Crippen molar-refractivity contribution in [2.75, 3.05) is 0 Å². The molecule has 4 heteroatoms. The highest BCUT2D eigenvalue weighted by atomic mass is 35.9. The molecule has 0 spiro atoms. The third kappa shape index (κ3) is 3.72. The Morgan fingerprint density at radius 1 is 1.31 bits per heavy atom. The van der Waals surface area contributed by atoms with Crippen molar-refractivity contribution in [1.29, 1.82) is 0 Å². The number of benzene rings is 1. The normalized spacial score (nSPS) is 14.1. The minimum absolute atomic E-state index is 0.182. The summed E-state index contributed by atoms with van der Waals surface area (Å²) in [6.45, 7) is 1.80. The van der Waals surface area contributed by atoms with Crippen LogP contribution in [-0.2, 0) is 11.0 Å². The first-order valence-electron chi connectivity index (χ1n) is 4.03. The lowest BCUT2D eigenvalue weighted by Gasteiger charge is -2.11. The second-order valence-electron chi connectivity index (χ2n) is 3.04. The van der Waals surface area contributed by atoms with E-state index in [1.807, 2.05) is 30.3 Å². The van der Waals surface area contributed by atoms with E-state index in [0.29, 0.717) is 6.42 Å². The van der Waals surface area contributed by atoms with Gasteiger partial charge in [0.05, 0.1) is 0 Å². The molecule has 0 heterocycles. The summed E-state index contributed by atoms with van der Waals surface area (Å²) >= 11 is 11.1. The average Bonchev–Trinajstić information content (AvgIpc) is 2.04. The Labute approximate surface area is 88.0 Å². The summed E-state index contributed by atoms with van der Waals surface area (Å²) in [5, 5.41) is 0. The topological polar surface area (TPSA) is 17.1 Å². The Morgan fingerprint density at radius 3 is 2.31 bits per heavy atom. The highest BCUT2D eigenvalue weighted by Crippen LogP contribution is 2.61. The number of hydrogen-bond acceptors (Lipinski definition) is 1. The average molecular weight is 237 g/mol. The van der Waals surface area contributed by atoms with E-state index >= 15 is 0 Å². The third-order valence-corrected chi connectivity index (χ3v) is 5.10. The number of halogens is 2. The van der Waals surface area contributed by atoms with Crippen molar-refractivity contribution in [1.82, 2.24) is 0 Å². The van der Waals surface area contributed by atoms with E-state index in [9.17, 15) is 4.57 Å². The van der Waals surface area contributed by atoms with Crippen LogP contribution in [0.5, 0.6) is 0 Å². The van der Waals surface area contributed by atoms with Gasteiger partial charge in [0.1, 0.15) is 0 Å². The number of hydrogen-bond donors (Lipinski definition) is 0. The van der Waals surface area contributed by atoms with Crippen LogP contribution in [0, 0.1) is 0 Å². The highest BCUT2D eigenvalue weighted by molar-refractivity contribution is 8.09. The van der Waals surface area contributed by atoms with Crippen LogP contribution < -0.4 is 0 Å². The van der Waals surface area contributed by atoms with Crippen molar-refractivity contribution in [2.45, 2.75) is 19.0 Å². The van der Waals surface area contributed by atoms with Crippen LogP contribution in [0.1, 0.15) is 12.5 Å². The van der Waals surface area contributed by atoms with Gasteiger partial charge in [0.2, 0.25) is 0 Å². The minimum Gasteiger partial charge on any atom is -0.289 e. The first-order chi connectivity index (χ1) is 6.00. The molecule has 0 aromatic heterocycles. The molecule has 0 radical (unpaired) electrons. The van der Waals surface area contributed by atoms with Crippen molar-refractivity contribution in [3.05, 3.63) is 35.9 Å². The molecule has 1 atom stereocenters. The molecule has 0 amide bonds. The zero-order valence-electron chi connectivity index (χ0n) is 7.28. The van der Waals surface area contributed by atoms with Crippen LogP contribution in [0.3, 0.4) is 0 Å². The molecule has 13 heavy (non-hydrogen) atoms. The molecule has 0 aliphatic carbocycles. The Balaban J connectivity index is 2.66. The molecular formula is C9H11Cl2OP. The van der Waals surface area contributed by atoms with Crippen molar-refractivity contribution >= 4 is 28.3 Å². The predicted molar refractivity (Wildman–Crippen MR) is 58.9 cm³/mol. The zero-order valence-corrected chi connectivity index (χ0v) is 9.69. The van der Waals surface area contributed by atoms with Gasteiger partial charge < -0.3 is 0 Å². The van der Waals surface area contributed by atoms with Crippen molar-refractivity contribution in [2.24, 2.45) is 0 Å². The molecule has 0 fully saturated rings. The molecule has 1 aromatic carbocycles. The Bertz CT molecular complexity index is 307. The van der Waals surface area contributed by atoms with Gasteiger partial charge in [-0.2, -0.15) is 0 Å². The van der Waals surface area contributed by atoms with Crippen molar-refractivity contribution in [3.8, 4) is 0 Å². The summed E-state index contributed by atoms with van der Waals surface area (Å²) in [5.41, 5.74) is 0.926. The first kappa shape index (κ1) is 11.1. The van der Waals surface area contributed by atoms with E-state index in [1.165, 1.54) is 0 Å². The maximum Gasteiger partial charge on any atom is 0.256 e. The zero-order chi connectivity index (χ0) is 9.90. The van der Waals surface area contributed by atoms with Gasteiger partial charge >= 0.3 is 0 Å². The van der Waals surface area contributed by atoms with E-state index in [4.69, 9.17) is 22.5 Å². The van der Waals surface area contributed by atoms with Gasteiger partial charge in [0.15, 0.2) is 0 Å². The van der Waals surface area contributed by atoms with E-state index in [0.717, 1.165) is 5.56 Å². The largest absolute Gasteiger partial charge is 0.289 e. The third-order valence-electron chi connectivity index (χ3n) is 1.89. The fourth-order valence-corrected chi connectivity index (χ4v) is 1.90. The van der Waals surface area contributed by atoms with Crippen LogP contribution in [0.15, 0.2) is 30.3 Å². The second-order valence-corrected chi connectivity index (χ2v) is 8.46. The summed E-state index contributed by atoms with van der Waals surface area (Å²) in [5.74, 6) is -2.98. The molecule has 0 N–H and O–H groups in total. The summed E-state index contributed by atoms with van der Waals surface area (Å²) in [6, 6.07) is 9.76. The molecule has 1 nitrogen and oxygen atoms in total. The summed E-state index contributed by atoms with van der Waals surface area (Å²) in [7, 11) is 0. The second kappa shape index (κ2) is 4.50. The maximum absolute atomic E-state index is 11.2. The molecule has 1 unspecified atom stereocenters. The lowest BCUT2D eigenvalue weighted by atomic mass is 10.1. The molecule has 0 bridgehead atoms. The van der Waals surface area contributed by atoms with E-state index in [-0.39, 0.29) is 5.66 Å². The van der Waals surface area contributed by atoms with Gasteiger partial charge in [-0.15, -0.1) is 0 Å². The quantitative estimate of drug-likeness (QED) is 0.716. The van der Waals surface area contributed by atoms with E-state index in [1.54, 1.807) is 6.92 Å². The van der Waals surface area contributed by atoms with Crippen LogP contribution in [-0.4, -0.2) is 5.66 Å². The fraction of sp³-hybridized carbons (Fsp3) is 0.333. The molecule has 72 valence electrons. The van der Waals surface area contributed by atoms with E-state index in [2.05, 4.69) is 0 Å². The molecule has 1 aromatic rings. The van der Waals surface area contributed by atoms with Crippen LogP contribution in [0.4, 0.5) is 0 Å². The molecule has 1 rings (SSSR count). The fourth-order valence-electron chi connectivity index (χ4n) is 1.06. The number of rotatable bonds is 3. The van der Waals surface area contributed by atoms with Crippen molar-refractivity contribution < 1.29 is 4.57 Å². The monoisotopic (exact) mass is 236 g/mol. The smallest absolute Gasteiger partial charge is 0.256 e. The Morgan fingerprint density at radius 2 is 1.85 bits per heavy atom. The van der Waals surface area contributed by atoms with Gasteiger partial charge in [0.25, 0.3) is 5.85 Å². The molecule has 0 saturated heterocycles. The molecular weight excluding hydrogens is 226 g/mol. The van der Waals surface area contributed by atoms with Gasteiger partial charge in [-0.1, -0.05) is 37.3 Å². The first-order valence-corrected chi connectivity index (χ1v) is 7.61. The van der Waals surface area contributed by atoms with Crippen molar-refractivity contribution in [3.63, 3.8) is 0 Å². The van der Waals surface area contributed by atoms with Gasteiger partial charge in [-0.05, 0) is 34.5 Å². The predicted octanol–water partition coefficient (Wildman–Crippen LogP) is 4.29. The summed E-state index contributed by atoms with van der Waals surface area (Å²) in [6.07, 6.45) is 0.658. The highest BCUT2D eigenvalue weighted by Gasteiger charge is 2.23. The summed E-state index contributed by atoms with van der Waals surface area (Å²) in [4.78, 5) is 0. The van der Waals surface area contributed by atoms with Crippen LogP contribution >= 0.6 is 28.3 Å². The van der Waals surface area contributed by atoms with E-state index < -0.39 is 5.85 Å². The Hall–Kier alpha value is 0.0300. The SMILES string of the molecule is CC(Cc1ccccc1)P(=O)(Cl)Cl. The minimum atomic E-state index is -2.98. The lowest BCUT2D eigenvalue weighted by Crippen LogP contribution is -2.01. The molecule has 0 saturated carbocycles. The van der Waals surface area contributed by atoms with Crippen LogP contribution in [0.2, 0.25) is 0 Å². The lowest BCUT2D eigenvalue weighted by molar-refractivity contribution is 0.585. The molecule has 0 aliphatic heterocycles. The van der Waals surface area contributed by atoms with Gasteiger partial charge in [0, 0.05) is 5.66 Å². The summed E-state index contributed by atoms with van der Waals surface area (Å²) < 4.78 is 11.2.